The van der Waals surface area contributed by atoms with E-state index in [0.717, 1.165) is 37.1 Å². The molecule has 0 aromatic heterocycles. The largest absolute Gasteiger partial charge is 0.496 e. The number of para-hydroxylation sites is 1. The highest BCUT2D eigenvalue weighted by molar-refractivity contribution is 5.71. The zero-order chi connectivity index (χ0) is 13.4. The van der Waals surface area contributed by atoms with Gasteiger partial charge in [-0.2, -0.15) is 0 Å². The molecule has 102 valence electrons. The summed E-state index contributed by atoms with van der Waals surface area (Å²) in [4.78, 5) is 13.6. The Morgan fingerprint density at radius 1 is 1.42 bits per heavy atom. The van der Waals surface area contributed by atoms with Crippen LogP contribution in [0, 0.1) is 5.92 Å². The molecular weight excluding hydrogens is 242 g/mol. The highest BCUT2D eigenvalue weighted by Crippen LogP contribution is 2.43. The first-order valence-electron chi connectivity index (χ1n) is 6.81. The molecular formula is C15H19NO3. The molecule has 4 nitrogen and oxygen atoms in total. The fraction of sp³-hybridized carbons (Fsp3) is 0.533. The van der Waals surface area contributed by atoms with Crippen molar-refractivity contribution in [2.45, 2.75) is 37.9 Å². The van der Waals surface area contributed by atoms with Crippen LogP contribution in [0.2, 0.25) is 0 Å². The minimum absolute atomic E-state index is 0.187. The lowest BCUT2D eigenvalue weighted by Crippen LogP contribution is -2.32. The normalized spacial score (nSPS) is 29.6. The van der Waals surface area contributed by atoms with Crippen LogP contribution in [0.5, 0.6) is 5.75 Å². The van der Waals surface area contributed by atoms with Crippen molar-refractivity contribution in [2.24, 2.45) is 5.92 Å². The molecule has 0 spiro atoms. The Morgan fingerprint density at radius 2 is 2.21 bits per heavy atom. The Labute approximate surface area is 113 Å². The summed E-state index contributed by atoms with van der Waals surface area (Å²) in [6.45, 7) is 0.795. The van der Waals surface area contributed by atoms with E-state index in [-0.39, 0.29) is 12.0 Å². The molecule has 2 saturated heterocycles. The van der Waals surface area contributed by atoms with Crippen molar-refractivity contribution in [1.82, 2.24) is 4.90 Å². The van der Waals surface area contributed by atoms with Gasteiger partial charge in [0.1, 0.15) is 5.75 Å². The van der Waals surface area contributed by atoms with E-state index in [1.807, 2.05) is 18.2 Å². The zero-order valence-corrected chi connectivity index (χ0v) is 11.1. The highest BCUT2D eigenvalue weighted by atomic mass is 16.5. The van der Waals surface area contributed by atoms with Crippen LogP contribution in [-0.4, -0.2) is 35.2 Å². The molecule has 3 rings (SSSR count). The molecule has 2 bridgehead atoms. The van der Waals surface area contributed by atoms with Gasteiger partial charge in [-0.1, -0.05) is 18.2 Å². The van der Waals surface area contributed by atoms with Gasteiger partial charge in [0.25, 0.3) is 0 Å². The van der Waals surface area contributed by atoms with Gasteiger partial charge in [0.05, 0.1) is 13.0 Å². The summed E-state index contributed by atoms with van der Waals surface area (Å²) in [7, 11) is 1.68. The topological polar surface area (TPSA) is 49.8 Å². The number of carboxylic acids is 1. The number of benzene rings is 1. The van der Waals surface area contributed by atoms with Gasteiger partial charge in [-0.25, -0.2) is 0 Å². The minimum atomic E-state index is -0.641. The number of fused-ring (bicyclic) bond motifs is 2. The van der Waals surface area contributed by atoms with E-state index in [1.165, 1.54) is 0 Å². The maximum Gasteiger partial charge on any atom is 0.308 e. The molecule has 3 unspecified atom stereocenters. The molecule has 1 N–H and O–H groups in total. The van der Waals surface area contributed by atoms with E-state index >= 15 is 0 Å². The molecule has 0 aliphatic carbocycles. The lowest BCUT2D eigenvalue weighted by atomic mass is 9.89. The van der Waals surface area contributed by atoms with Gasteiger partial charge in [0, 0.05) is 24.2 Å². The number of hydrogen-bond donors (Lipinski definition) is 1. The van der Waals surface area contributed by atoms with Gasteiger partial charge in [-0.15, -0.1) is 0 Å². The second kappa shape index (κ2) is 4.85. The standard InChI is InChI=1S/C15H19NO3/c1-19-14-5-3-2-4-10(14)9-16-11-6-7-13(16)12(8-11)15(17)18/h2-5,11-13H,6-9H2,1H3,(H,17,18). The fourth-order valence-corrected chi connectivity index (χ4v) is 3.64. The van der Waals surface area contributed by atoms with Crippen LogP contribution in [-0.2, 0) is 11.3 Å². The molecule has 0 saturated carbocycles. The number of aliphatic carboxylic acids is 1. The second-order valence-corrected chi connectivity index (χ2v) is 5.46. The predicted octanol–water partition coefficient (Wildman–Crippen LogP) is 2.13. The smallest absolute Gasteiger partial charge is 0.308 e. The second-order valence-electron chi connectivity index (χ2n) is 5.46. The van der Waals surface area contributed by atoms with Crippen molar-refractivity contribution in [2.75, 3.05) is 7.11 Å². The number of ether oxygens (including phenoxy) is 1. The van der Waals surface area contributed by atoms with Crippen LogP contribution in [0.15, 0.2) is 24.3 Å². The Kier molecular flexibility index (Phi) is 3.19. The molecule has 19 heavy (non-hydrogen) atoms. The van der Waals surface area contributed by atoms with Gasteiger partial charge >= 0.3 is 5.97 Å². The summed E-state index contributed by atoms with van der Waals surface area (Å²) in [5.74, 6) is 0.0614. The Bertz CT molecular complexity index is 488. The van der Waals surface area contributed by atoms with Gasteiger partial charge in [-0.05, 0) is 25.3 Å². The maximum atomic E-state index is 11.3. The summed E-state index contributed by atoms with van der Waals surface area (Å²) in [5.41, 5.74) is 1.15. The van der Waals surface area contributed by atoms with Crippen molar-refractivity contribution in [3.63, 3.8) is 0 Å². The third-order valence-corrected chi connectivity index (χ3v) is 4.54. The Morgan fingerprint density at radius 3 is 2.89 bits per heavy atom. The third kappa shape index (κ3) is 2.10. The van der Waals surface area contributed by atoms with Crippen LogP contribution < -0.4 is 4.74 Å². The molecule has 1 aromatic rings. The lowest BCUT2D eigenvalue weighted by molar-refractivity contribution is -0.142. The van der Waals surface area contributed by atoms with Crippen LogP contribution >= 0.6 is 0 Å². The van der Waals surface area contributed by atoms with E-state index < -0.39 is 5.97 Å². The molecule has 4 heteroatoms. The van der Waals surface area contributed by atoms with E-state index in [0.29, 0.717) is 6.04 Å². The van der Waals surface area contributed by atoms with Crippen molar-refractivity contribution in [3.8, 4) is 5.75 Å². The maximum absolute atomic E-state index is 11.3. The lowest BCUT2D eigenvalue weighted by Gasteiger charge is -2.23. The predicted molar refractivity (Wildman–Crippen MR) is 71.1 cm³/mol. The van der Waals surface area contributed by atoms with Crippen molar-refractivity contribution < 1.29 is 14.6 Å². The van der Waals surface area contributed by atoms with E-state index in [4.69, 9.17) is 4.74 Å². The molecule has 2 aliphatic heterocycles. The average molecular weight is 261 g/mol. The van der Waals surface area contributed by atoms with Crippen molar-refractivity contribution in [3.05, 3.63) is 29.8 Å². The summed E-state index contributed by atoms with van der Waals surface area (Å²) in [5, 5.41) is 9.27. The van der Waals surface area contributed by atoms with Crippen molar-refractivity contribution >= 4 is 5.97 Å². The van der Waals surface area contributed by atoms with E-state index in [2.05, 4.69) is 11.0 Å². The van der Waals surface area contributed by atoms with Gasteiger partial charge in [-0.3, -0.25) is 9.69 Å². The first-order chi connectivity index (χ1) is 9.20. The molecule has 3 atom stereocenters. The number of methoxy groups -OCH3 is 1. The average Bonchev–Trinajstić information content (AvgIpc) is 2.96. The summed E-state index contributed by atoms with van der Waals surface area (Å²) >= 11 is 0. The van der Waals surface area contributed by atoms with Gasteiger partial charge in [0.2, 0.25) is 0 Å². The monoisotopic (exact) mass is 261 g/mol. The Hall–Kier alpha value is -1.55. The van der Waals surface area contributed by atoms with Crippen LogP contribution in [0.4, 0.5) is 0 Å². The number of hydrogen-bond acceptors (Lipinski definition) is 3. The van der Waals surface area contributed by atoms with E-state index in [9.17, 15) is 9.90 Å². The SMILES string of the molecule is COc1ccccc1CN1C2CCC1C(C(=O)O)C2. The van der Waals surface area contributed by atoms with Crippen LogP contribution in [0.1, 0.15) is 24.8 Å². The quantitative estimate of drug-likeness (QED) is 0.902. The molecule has 0 radical (unpaired) electrons. The Balaban J connectivity index is 1.79. The van der Waals surface area contributed by atoms with E-state index in [1.54, 1.807) is 7.11 Å². The summed E-state index contributed by atoms with van der Waals surface area (Å²) in [6, 6.07) is 8.61. The van der Waals surface area contributed by atoms with Gasteiger partial charge < -0.3 is 9.84 Å². The number of carboxylic acid groups (broad SMARTS) is 1. The van der Waals surface area contributed by atoms with Crippen LogP contribution in [0.25, 0.3) is 0 Å². The molecule has 2 fully saturated rings. The number of rotatable bonds is 4. The molecule has 2 aliphatic rings. The third-order valence-electron chi connectivity index (χ3n) is 4.54. The first-order valence-corrected chi connectivity index (χ1v) is 6.81. The highest BCUT2D eigenvalue weighted by Gasteiger charge is 2.49. The minimum Gasteiger partial charge on any atom is -0.496 e. The summed E-state index contributed by atoms with van der Waals surface area (Å²) < 4.78 is 5.38. The van der Waals surface area contributed by atoms with Crippen LogP contribution in [0.3, 0.4) is 0 Å². The number of nitrogens with zero attached hydrogens (tertiary/aromatic N) is 1. The number of carbonyl (C=O) groups is 1. The molecule has 2 heterocycles. The molecule has 1 aromatic carbocycles. The zero-order valence-electron chi connectivity index (χ0n) is 11.1. The fourth-order valence-electron chi connectivity index (χ4n) is 3.64. The van der Waals surface area contributed by atoms with Gasteiger partial charge in [0.15, 0.2) is 0 Å². The first kappa shape index (κ1) is 12.5. The molecule has 0 amide bonds. The van der Waals surface area contributed by atoms with Crippen molar-refractivity contribution in [1.29, 1.82) is 0 Å². The summed E-state index contributed by atoms with van der Waals surface area (Å²) in [6.07, 6.45) is 2.94.